The predicted molar refractivity (Wildman–Crippen MR) is 161 cm³/mol. The zero-order valence-corrected chi connectivity index (χ0v) is 23.7. The van der Waals surface area contributed by atoms with Crippen LogP contribution in [0.15, 0.2) is 36.9 Å². The van der Waals surface area contributed by atoms with Crippen molar-refractivity contribution in [1.29, 1.82) is 0 Å². The van der Waals surface area contributed by atoms with Crippen LogP contribution in [0.2, 0.25) is 0 Å². The molecule has 0 saturated heterocycles. The van der Waals surface area contributed by atoms with Crippen molar-refractivity contribution < 1.29 is 9.47 Å². The van der Waals surface area contributed by atoms with Gasteiger partial charge in [0, 0.05) is 16.7 Å². The molecule has 3 aromatic rings. The van der Waals surface area contributed by atoms with Gasteiger partial charge >= 0.3 is 0 Å². The van der Waals surface area contributed by atoms with Crippen LogP contribution in [0.5, 0.6) is 11.5 Å². The minimum absolute atomic E-state index is 0.735. The summed E-state index contributed by atoms with van der Waals surface area (Å²) in [5, 5.41) is 0. The fourth-order valence-corrected chi connectivity index (χ4v) is 4.99. The van der Waals surface area contributed by atoms with Crippen molar-refractivity contribution in [3.63, 3.8) is 0 Å². The molecule has 37 heavy (non-hydrogen) atoms. The first-order chi connectivity index (χ1) is 18.3. The van der Waals surface area contributed by atoms with E-state index >= 15 is 0 Å². The van der Waals surface area contributed by atoms with Gasteiger partial charge in [-0.25, -0.2) is 0 Å². The fourth-order valence-electron chi connectivity index (χ4n) is 4.40. The molecular weight excluding hydrogens is 476 g/mol. The zero-order valence-electron chi connectivity index (χ0n) is 22.8. The highest BCUT2D eigenvalue weighted by molar-refractivity contribution is 7.00. The molecule has 2 aromatic carbocycles. The summed E-state index contributed by atoms with van der Waals surface area (Å²) >= 11 is 1.24. The van der Waals surface area contributed by atoms with E-state index in [2.05, 4.69) is 53.5 Å². The summed E-state index contributed by atoms with van der Waals surface area (Å²) in [6.45, 7) is 9.89. The Morgan fingerprint density at radius 1 is 0.676 bits per heavy atom. The van der Waals surface area contributed by atoms with Gasteiger partial charge in [0.25, 0.3) is 0 Å². The molecule has 4 nitrogen and oxygen atoms in total. The number of aromatic nitrogens is 2. The summed E-state index contributed by atoms with van der Waals surface area (Å²) < 4.78 is 21.3. The molecule has 1 heterocycles. The smallest absolute Gasteiger partial charge is 0.126 e. The van der Waals surface area contributed by atoms with Crippen molar-refractivity contribution in [2.45, 2.75) is 90.9 Å². The first kappa shape index (κ1) is 28.9. The van der Waals surface area contributed by atoms with Gasteiger partial charge in [0.2, 0.25) is 0 Å². The predicted octanol–water partition coefficient (Wildman–Crippen LogP) is 9.98. The highest BCUT2D eigenvalue weighted by atomic mass is 32.1. The van der Waals surface area contributed by atoms with Crippen LogP contribution in [-0.2, 0) is 0 Å². The van der Waals surface area contributed by atoms with Crippen LogP contribution in [0.4, 0.5) is 0 Å². The van der Waals surface area contributed by atoms with E-state index in [-0.39, 0.29) is 0 Å². The lowest BCUT2D eigenvalue weighted by Gasteiger charge is -2.12. The second-order valence-corrected chi connectivity index (χ2v) is 10.2. The van der Waals surface area contributed by atoms with E-state index in [0.717, 1.165) is 65.3 Å². The molecule has 0 N–H and O–H groups in total. The third-order valence-electron chi connectivity index (χ3n) is 6.64. The van der Waals surface area contributed by atoms with Crippen molar-refractivity contribution >= 4 is 41.0 Å². The van der Waals surface area contributed by atoms with Crippen LogP contribution in [-0.4, -0.2) is 22.0 Å². The molecule has 0 amide bonds. The molecule has 0 aliphatic rings. The second-order valence-electron chi connectivity index (χ2n) is 9.68. The molecule has 3 rings (SSSR count). The maximum atomic E-state index is 6.23. The third-order valence-corrected chi connectivity index (χ3v) is 7.17. The quantitative estimate of drug-likeness (QED) is 0.116. The van der Waals surface area contributed by atoms with Gasteiger partial charge in [0.1, 0.15) is 22.5 Å². The number of rotatable bonds is 19. The maximum Gasteiger partial charge on any atom is 0.126 e. The van der Waals surface area contributed by atoms with Crippen LogP contribution in [0.3, 0.4) is 0 Å². The highest BCUT2D eigenvalue weighted by Gasteiger charge is 2.09. The normalized spacial score (nSPS) is 11.4. The highest BCUT2D eigenvalue weighted by Crippen LogP contribution is 2.29. The standard InChI is InChI=1S/C32H44N2O2S/c1-4-7-9-11-13-15-23-35-29-21-22-30(36-24-16-14-12-10-8-5-2)28(25-29)20-19-27-18-17-26(6-3)31-32(27)34-37-33-31/h6,17-22,25H,3-5,7-16,23-24H2,1-2H3/b20-19+. The van der Waals surface area contributed by atoms with E-state index in [1.54, 1.807) is 0 Å². The summed E-state index contributed by atoms with van der Waals surface area (Å²) in [5.41, 5.74) is 4.88. The molecule has 5 heteroatoms. The van der Waals surface area contributed by atoms with Gasteiger partial charge in [-0.1, -0.05) is 115 Å². The van der Waals surface area contributed by atoms with E-state index in [1.807, 2.05) is 24.3 Å². The number of benzene rings is 2. The lowest BCUT2D eigenvalue weighted by Crippen LogP contribution is -2.01. The SMILES string of the molecule is C=Cc1ccc(/C=C/c2cc(OCCCCCCCC)ccc2OCCCCCCCC)c2nsnc12. The number of nitrogens with zero attached hydrogens (tertiary/aromatic N) is 2. The van der Waals surface area contributed by atoms with Crippen molar-refractivity contribution in [3.05, 3.63) is 53.6 Å². The summed E-state index contributed by atoms with van der Waals surface area (Å²) in [6.07, 6.45) is 21.1. The largest absolute Gasteiger partial charge is 0.494 e. The average molecular weight is 521 g/mol. The molecule has 0 radical (unpaired) electrons. The van der Waals surface area contributed by atoms with Crippen LogP contribution >= 0.6 is 11.7 Å². The topological polar surface area (TPSA) is 44.2 Å². The number of hydrogen-bond acceptors (Lipinski definition) is 5. The van der Waals surface area contributed by atoms with E-state index in [0.29, 0.717) is 0 Å². The number of unbranched alkanes of at least 4 members (excludes halogenated alkanes) is 10. The van der Waals surface area contributed by atoms with Gasteiger partial charge in [0.05, 0.1) is 24.9 Å². The summed E-state index contributed by atoms with van der Waals surface area (Å²) in [4.78, 5) is 0. The summed E-state index contributed by atoms with van der Waals surface area (Å²) in [6, 6.07) is 10.3. The van der Waals surface area contributed by atoms with E-state index < -0.39 is 0 Å². The second kappa shape index (κ2) is 17.0. The van der Waals surface area contributed by atoms with Gasteiger partial charge in [-0.2, -0.15) is 8.75 Å². The number of hydrogen-bond donors (Lipinski definition) is 0. The Morgan fingerprint density at radius 3 is 1.92 bits per heavy atom. The van der Waals surface area contributed by atoms with Crippen molar-refractivity contribution in [1.82, 2.24) is 8.75 Å². The Bertz CT molecular complexity index is 1110. The van der Waals surface area contributed by atoms with Crippen molar-refractivity contribution in [3.8, 4) is 11.5 Å². The van der Waals surface area contributed by atoms with Gasteiger partial charge in [-0.15, -0.1) is 0 Å². The van der Waals surface area contributed by atoms with Crippen LogP contribution in [0.25, 0.3) is 29.3 Å². The summed E-state index contributed by atoms with van der Waals surface area (Å²) in [7, 11) is 0. The van der Waals surface area contributed by atoms with E-state index in [4.69, 9.17) is 9.47 Å². The van der Waals surface area contributed by atoms with Gasteiger partial charge in [0.15, 0.2) is 0 Å². The number of ether oxygens (including phenoxy) is 2. The van der Waals surface area contributed by atoms with Crippen LogP contribution < -0.4 is 9.47 Å². The van der Waals surface area contributed by atoms with Gasteiger partial charge < -0.3 is 9.47 Å². The molecule has 200 valence electrons. The Hall–Kier alpha value is -2.66. The molecule has 0 unspecified atom stereocenters. The first-order valence-corrected chi connectivity index (χ1v) is 14.9. The fraction of sp³-hybridized carbons (Fsp3) is 0.500. The van der Waals surface area contributed by atoms with Crippen molar-refractivity contribution in [2.75, 3.05) is 13.2 Å². The number of fused-ring (bicyclic) bond motifs is 1. The molecule has 0 bridgehead atoms. The van der Waals surface area contributed by atoms with Crippen LogP contribution in [0, 0.1) is 0 Å². The zero-order chi connectivity index (χ0) is 26.1. The lowest BCUT2D eigenvalue weighted by molar-refractivity contribution is 0.296. The molecule has 0 fully saturated rings. The molecule has 0 saturated carbocycles. The molecule has 0 atom stereocenters. The van der Waals surface area contributed by atoms with E-state index in [9.17, 15) is 0 Å². The molecule has 0 spiro atoms. The summed E-state index contributed by atoms with van der Waals surface area (Å²) in [5.74, 6) is 1.79. The molecule has 1 aromatic heterocycles. The Labute approximate surface area is 228 Å². The molecular formula is C32H44N2O2S. The lowest BCUT2D eigenvalue weighted by atomic mass is 10.1. The Morgan fingerprint density at radius 2 is 1.24 bits per heavy atom. The first-order valence-electron chi connectivity index (χ1n) is 14.2. The molecule has 0 aliphatic carbocycles. The van der Waals surface area contributed by atoms with Crippen LogP contribution in [0.1, 0.15) is 108 Å². The van der Waals surface area contributed by atoms with Gasteiger partial charge in [-0.3, -0.25) is 0 Å². The third kappa shape index (κ3) is 9.62. The Kier molecular flexibility index (Phi) is 13.3. The maximum absolute atomic E-state index is 6.23. The van der Waals surface area contributed by atoms with Gasteiger partial charge in [-0.05, 0) is 31.0 Å². The van der Waals surface area contributed by atoms with Crippen molar-refractivity contribution in [2.24, 2.45) is 0 Å². The minimum atomic E-state index is 0.735. The Balaban J connectivity index is 1.67. The average Bonchev–Trinajstić information content (AvgIpc) is 3.42. The molecule has 0 aliphatic heterocycles. The monoisotopic (exact) mass is 520 g/mol. The minimum Gasteiger partial charge on any atom is -0.494 e. The van der Waals surface area contributed by atoms with E-state index in [1.165, 1.54) is 75.9 Å².